The van der Waals surface area contributed by atoms with E-state index in [1.165, 1.54) is 12.1 Å². The quantitative estimate of drug-likeness (QED) is 0.228. The molecule has 6 aliphatic carbocycles. The number of benzene rings is 1. The number of carbonyl (C=O) groups is 1. The lowest BCUT2D eigenvalue weighted by Gasteiger charge is -2.66. The molecule has 4 saturated carbocycles. The number of ether oxygens (including phenoxy) is 1. The van der Waals surface area contributed by atoms with Crippen molar-refractivity contribution in [3.63, 3.8) is 0 Å². The fraction of sp³-hybridized carbons (Fsp3) is 0.775. The highest BCUT2D eigenvalue weighted by atomic mass is 16.6. The first kappa shape index (κ1) is 35.0. The summed E-state index contributed by atoms with van der Waals surface area (Å²) in [5.74, 6) is -3.53. The molecule has 7 aliphatic rings. The van der Waals surface area contributed by atoms with Crippen LogP contribution < -0.4 is 0 Å². The van der Waals surface area contributed by atoms with Crippen molar-refractivity contribution in [3.05, 3.63) is 34.9 Å². The second kappa shape index (κ2) is 10.8. The van der Waals surface area contributed by atoms with Crippen LogP contribution in [-0.2, 0) is 16.0 Å². The molecule has 1 heterocycles. The molecule has 1 aromatic carbocycles. The standard InChI is InChI=1S/C40H56O10/c1-19-7-6-10-40(34(46)20(19)2)37(5,47)33-29(50-40)17-39(49)26-16-28(44)32-31-24-14-22(42)15-27(43)23(24)8-11-38(31,48)30(45)18-35(32,3)25(26)13-21(9-12-41)36(33,39)4/h14-16,19-21,25,29-34,41-43,45-49H,6-13,17-18H2,1-5H3/t19-,20-,21+,25+,29-,30-,31+,32-,33+,34-,35+,36+,37+,38+,39-,40-/m0/s1. The molecule has 0 radical (unpaired) electrons. The predicted molar refractivity (Wildman–Crippen MR) is 182 cm³/mol. The molecule has 8 rings (SSSR count). The van der Waals surface area contributed by atoms with Crippen molar-refractivity contribution in [1.29, 1.82) is 0 Å². The lowest BCUT2D eigenvalue weighted by Crippen LogP contribution is -2.70. The molecule has 276 valence electrons. The zero-order chi connectivity index (χ0) is 36.1. The first-order valence-corrected chi connectivity index (χ1v) is 19.0. The van der Waals surface area contributed by atoms with Crippen LogP contribution in [0, 0.1) is 46.3 Å². The topological polar surface area (TPSA) is 188 Å². The Kier molecular flexibility index (Phi) is 7.54. The van der Waals surface area contributed by atoms with Crippen molar-refractivity contribution in [2.24, 2.45) is 46.3 Å². The van der Waals surface area contributed by atoms with Crippen LogP contribution in [0.1, 0.15) is 103 Å². The molecular weight excluding hydrogens is 640 g/mol. The third-order valence-electron chi connectivity index (χ3n) is 16.6. The average molecular weight is 697 g/mol. The number of aromatic hydroxyl groups is 2. The minimum atomic E-state index is -1.66. The largest absolute Gasteiger partial charge is 0.508 e. The van der Waals surface area contributed by atoms with Gasteiger partial charge in [-0.2, -0.15) is 0 Å². The maximum absolute atomic E-state index is 14.7. The van der Waals surface area contributed by atoms with Gasteiger partial charge in [0.15, 0.2) is 5.78 Å². The highest BCUT2D eigenvalue weighted by Gasteiger charge is 2.81. The summed E-state index contributed by atoms with van der Waals surface area (Å²) in [6.45, 7) is 9.66. The van der Waals surface area contributed by atoms with Gasteiger partial charge < -0.3 is 45.6 Å². The molecule has 0 aromatic heterocycles. The Morgan fingerprint density at radius 3 is 2.40 bits per heavy atom. The third kappa shape index (κ3) is 3.97. The maximum Gasteiger partial charge on any atom is 0.160 e. The Morgan fingerprint density at radius 1 is 0.980 bits per heavy atom. The number of aliphatic hydroxyl groups excluding tert-OH is 3. The zero-order valence-corrected chi connectivity index (χ0v) is 30.0. The Morgan fingerprint density at radius 2 is 1.70 bits per heavy atom. The molecule has 1 saturated heterocycles. The first-order chi connectivity index (χ1) is 23.3. The summed E-state index contributed by atoms with van der Waals surface area (Å²) < 4.78 is 6.93. The number of rotatable bonds is 2. The van der Waals surface area contributed by atoms with Crippen molar-refractivity contribution in [3.8, 4) is 11.5 Å². The Hall–Kier alpha value is -2.05. The predicted octanol–water partition coefficient (Wildman–Crippen LogP) is 3.24. The number of phenolic OH excluding ortho intramolecular Hbond substituents is 2. The molecule has 0 bridgehead atoms. The van der Waals surface area contributed by atoms with E-state index in [9.17, 15) is 45.6 Å². The molecule has 0 amide bonds. The van der Waals surface area contributed by atoms with Gasteiger partial charge in [0.2, 0.25) is 0 Å². The molecule has 10 nitrogen and oxygen atoms in total. The third-order valence-corrected chi connectivity index (χ3v) is 16.6. The van der Waals surface area contributed by atoms with E-state index in [-0.39, 0.29) is 67.3 Å². The van der Waals surface area contributed by atoms with E-state index >= 15 is 0 Å². The Balaban J connectivity index is 1.27. The Labute approximate surface area is 294 Å². The molecule has 5 fully saturated rings. The molecule has 1 spiro atoms. The van der Waals surface area contributed by atoms with Crippen LogP contribution in [0.5, 0.6) is 11.5 Å². The highest BCUT2D eigenvalue weighted by molar-refractivity contribution is 5.96. The summed E-state index contributed by atoms with van der Waals surface area (Å²) in [6, 6.07) is 2.75. The minimum absolute atomic E-state index is 0.101. The van der Waals surface area contributed by atoms with Gasteiger partial charge in [-0.15, -0.1) is 0 Å². The summed E-state index contributed by atoms with van der Waals surface area (Å²) in [6.07, 6.45) is 2.41. The second-order valence-electron chi connectivity index (χ2n) is 18.4. The Bertz CT molecular complexity index is 1640. The van der Waals surface area contributed by atoms with E-state index in [4.69, 9.17) is 4.74 Å². The van der Waals surface area contributed by atoms with Crippen molar-refractivity contribution in [2.75, 3.05) is 6.61 Å². The summed E-state index contributed by atoms with van der Waals surface area (Å²) in [7, 11) is 0. The number of hydrogen-bond acceptors (Lipinski definition) is 10. The minimum Gasteiger partial charge on any atom is -0.508 e. The van der Waals surface area contributed by atoms with E-state index in [1.54, 1.807) is 13.0 Å². The van der Waals surface area contributed by atoms with Crippen molar-refractivity contribution in [1.82, 2.24) is 0 Å². The summed E-state index contributed by atoms with van der Waals surface area (Å²) in [5, 5.41) is 93.8. The number of phenols is 2. The van der Waals surface area contributed by atoms with Crippen molar-refractivity contribution in [2.45, 2.75) is 139 Å². The van der Waals surface area contributed by atoms with Gasteiger partial charge in [0.1, 0.15) is 17.1 Å². The van der Waals surface area contributed by atoms with Gasteiger partial charge in [-0.25, -0.2) is 0 Å². The molecule has 8 N–H and O–H groups in total. The molecule has 10 heteroatoms. The van der Waals surface area contributed by atoms with Crippen LogP contribution in [0.25, 0.3) is 0 Å². The van der Waals surface area contributed by atoms with E-state index in [2.05, 4.69) is 6.92 Å². The molecule has 16 atom stereocenters. The number of allylic oxidation sites excluding steroid dienone is 1. The summed E-state index contributed by atoms with van der Waals surface area (Å²) in [5.41, 5.74) is -6.45. The van der Waals surface area contributed by atoms with E-state index in [0.29, 0.717) is 36.0 Å². The highest BCUT2D eigenvalue weighted by Crippen LogP contribution is 2.75. The zero-order valence-electron chi connectivity index (χ0n) is 30.0. The summed E-state index contributed by atoms with van der Waals surface area (Å²) >= 11 is 0. The molecular formula is C40H56O10. The van der Waals surface area contributed by atoms with Gasteiger partial charge in [-0.3, -0.25) is 4.79 Å². The smallest absolute Gasteiger partial charge is 0.160 e. The van der Waals surface area contributed by atoms with Gasteiger partial charge in [-0.1, -0.05) is 40.5 Å². The molecule has 0 unspecified atom stereocenters. The van der Waals surface area contributed by atoms with Crippen LogP contribution in [0.4, 0.5) is 0 Å². The van der Waals surface area contributed by atoms with Gasteiger partial charge >= 0.3 is 0 Å². The molecule has 1 aliphatic heterocycles. The second-order valence-corrected chi connectivity index (χ2v) is 18.4. The fourth-order valence-electron chi connectivity index (χ4n) is 13.9. The van der Waals surface area contributed by atoms with Crippen LogP contribution in [-0.4, -0.2) is 94.0 Å². The number of hydrogen-bond donors (Lipinski definition) is 8. The average Bonchev–Trinajstić information content (AvgIpc) is 3.36. The number of ketones is 1. The fourth-order valence-corrected chi connectivity index (χ4v) is 13.9. The van der Waals surface area contributed by atoms with E-state index in [1.807, 2.05) is 20.8 Å². The maximum atomic E-state index is 14.7. The van der Waals surface area contributed by atoms with Crippen LogP contribution in [0.2, 0.25) is 0 Å². The van der Waals surface area contributed by atoms with Gasteiger partial charge in [0.05, 0.1) is 35.1 Å². The molecule has 50 heavy (non-hydrogen) atoms. The van der Waals surface area contributed by atoms with Crippen LogP contribution in [0.15, 0.2) is 23.8 Å². The lowest BCUT2D eigenvalue weighted by molar-refractivity contribution is -0.233. The molecule has 1 aromatic rings. The van der Waals surface area contributed by atoms with E-state index < -0.39 is 75.2 Å². The van der Waals surface area contributed by atoms with Crippen molar-refractivity contribution < 1.29 is 50.4 Å². The number of aliphatic hydroxyl groups is 6. The van der Waals surface area contributed by atoms with Crippen LogP contribution >= 0.6 is 0 Å². The normalized spacial score (nSPS) is 53.7. The monoisotopic (exact) mass is 696 g/mol. The first-order valence-electron chi connectivity index (χ1n) is 19.0. The summed E-state index contributed by atoms with van der Waals surface area (Å²) in [4.78, 5) is 14.7. The van der Waals surface area contributed by atoms with Gasteiger partial charge in [0, 0.05) is 42.3 Å². The lowest BCUT2D eigenvalue weighted by atomic mass is 9.39. The van der Waals surface area contributed by atoms with E-state index in [0.717, 1.165) is 12.8 Å². The number of fused-ring (bicyclic) bond motifs is 11. The van der Waals surface area contributed by atoms with Crippen molar-refractivity contribution >= 4 is 5.78 Å². The van der Waals surface area contributed by atoms with Gasteiger partial charge in [0.25, 0.3) is 0 Å². The van der Waals surface area contributed by atoms with Gasteiger partial charge in [-0.05, 0) is 103 Å². The number of carbonyl (C=O) groups excluding carboxylic acids is 1. The SMILES string of the molecule is C[C@H]1[C@@H](C)CCC[C@]2(O[C@H]3C[C@]4(O)C5=CC(=O)[C@H]6[C@H]7c8cc(O)cc(O)c8CC[C@@]7(O)[C@@H](O)C[C@]6(C)[C@@H]5C[C@@H](CCO)[C@]4(C)[C@@H]3[C@@]2(C)O)[C@H]1O. The van der Waals surface area contributed by atoms with Crippen LogP contribution in [0.3, 0.4) is 0 Å².